The average Bonchev–Trinajstić information content (AvgIpc) is 3.12. The molecule has 0 aliphatic carbocycles. The van der Waals surface area contributed by atoms with E-state index in [1.807, 2.05) is 31.2 Å². The largest absolute Gasteiger partial charge is 0.507 e. The topological polar surface area (TPSA) is 71.3 Å². The maximum atomic E-state index is 13.2. The predicted octanol–water partition coefficient (Wildman–Crippen LogP) is 3.95. The summed E-state index contributed by atoms with van der Waals surface area (Å²) in [6.45, 7) is 14.4. The van der Waals surface area contributed by atoms with Gasteiger partial charge in [-0.1, -0.05) is 38.1 Å². The minimum atomic E-state index is -0.635. The van der Waals surface area contributed by atoms with Crippen molar-refractivity contribution in [1.82, 2.24) is 4.90 Å². The molecule has 1 atom stereocenters. The molecule has 0 saturated carbocycles. The molecule has 0 radical (unpaired) electrons. The van der Waals surface area contributed by atoms with Gasteiger partial charge in [-0.15, -0.1) is 0 Å². The second kappa shape index (κ2) is 12.0. The van der Waals surface area contributed by atoms with Crippen molar-refractivity contribution in [2.75, 3.05) is 32.8 Å². The van der Waals surface area contributed by atoms with Crippen LogP contribution in [0.15, 0.2) is 54.1 Å². The van der Waals surface area contributed by atoms with E-state index in [1.165, 1.54) is 10.5 Å². The molecule has 6 nitrogen and oxygen atoms in total. The number of rotatable bonds is 11. The lowest BCUT2D eigenvalue weighted by atomic mass is 9.93. The van der Waals surface area contributed by atoms with Gasteiger partial charge in [0, 0.05) is 18.5 Å². The monoisotopic (exact) mass is 479 g/mol. The predicted molar refractivity (Wildman–Crippen MR) is 139 cm³/mol. The van der Waals surface area contributed by atoms with Crippen molar-refractivity contribution < 1.29 is 24.3 Å². The van der Waals surface area contributed by atoms with Crippen molar-refractivity contribution in [2.45, 2.75) is 53.0 Å². The minimum Gasteiger partial charge on any atom is -0.507 e. The van der Waals surface area contributed by atoms with Crippen LogP contribution in [-0.2, 0) is 9.59 Å². The molecular weight excluding hydrogens is 440 g/mol. The van der Waals surface area contributed by atoms with Crippen LogP contribution in [0.3, 0.4) is 0 Å². The summed E-state index contributed by atoms with van der Waals surface area (Å²) < 4.78 is 5.50. The number of hydrogen-bond acceptors (Lipinski definition) is 4. The third-order valence-electron chi connectivity index (χ3n) is 6.83. The Kier molecular flexibility index (Phi) is 9.10. The van der Waals surface area contributed by atoms with Gasteiger partial charge in [0.25, 0.3) is 11.7 Å². The minimum absolute atomic E-state index is 0.145. The fourth-order valence-corrected chi connectivity index (χ4v) is 4.65. The van der Waals surface area contributed by atoms with Crippen LogP contribution in [-0.4, -0.2) is 54.5 Å². The number of quaternary nitrogens is 1. The first-order valence-electron chi connectivity index (χ1n) is 12.8. The summed E-state index contributed by atoms with van der Waals surface area (Å²) in [5.41, 5.74) is 2.65. The number of aliphatic hydroxyl groups excluding tert-OH is 1. The SMILES string of the molecule is CCOc1ccc(C(O)=C2C(=O)C(=O)N(CCC[NH+](CC)CC)[C@H]2c2ccc(C(C)C)cc2)cc1. The third-order valence-corrected chi connectivity index (χ3v) is 6.83. The highest BCUT2D eigenvalue weighted by molar-refractivity contribution is 6.46. The van der Waals surface area contributed by atoms with Crippen LogP contribution in [0, 0.1) is 0 Å². The zero-order chi connectivity index (χ0) is 25.5. The lowest BCUT2D eigenvalue weighted by Gasteiger charge is -2.26. The fraction of sp³-hybridized carbons (Fsp3) is 0.448. The number of aliphatic hydroxyl groups is 1. The van der Waals surface area contributed by atoms with Crippen LogP contribution in [0.5, 0.6) is 5.75 Å². The number of carbonyl (C=O) groups excluding carboxylic acids is 2. The number of ketones is 1. The molecule has 2 aromatic carbocycles. The molecule has 2 N–H and O–H groups in total. The average molecular weight is 480 g/mol. The van der Waals surface area contributed by atoms with Crippen LogP contribution in [0.2, 0.25) is 0 Å². The standard InChI is InChI=1S/C29H38N2O4/c1-6-30(7-2)18-9-19-31-26(22-12-10-21(11-13-22)20(4)5)25(28(33)29(31)34)27(32)23-14-16-24(17-15-23)35-8-3/h10-17,20,26,32H,6-9,18-19H2,1-5H3/p+1/t26-/m0/s1. The van der Waals surface area contributed by atoms with Gasteiger partial charge in [0.2, 0.25) is 0 Å². The summed E-state index contributed by atoms with van der Waals surface area (Å²) in [6, 6.07) is 14.4. The Balaban J connectivity index is 2.01. The second-order valence-electron chi connectivity index (χ2n) is 9.33. The molecule has 188 valence electrons. The maximum Gasteiger partial charge on any atom is 0.295 e. The molecule has 1 fully saturated rings. The molecule has 1 heterocycles. The van der Waals surface area contributed by atoms with E-state index in [9.17, 15) is 14.7 Å². The summed E-state index contributed by atoms with van der Waals surface area (Å²) in [4.78, 5) is 29.5. The van der Waals surface area contributed by atoms with E-state index in [1.54, 1.807) is 29.2 Å². The third kappa shape index (κ3) is 5.93. The Morgan fingerprint density at radius 1 is 1.00 bits per heavy atom. The lowest BCUT2D eigenvalue weighted by molar-refractivity contribution is -0.896. The quantitative estimate of drug-likeness (QED) is 0.291. The zero-order valence-electron chi connectivity index (χ0n) is 21.6. The maximum absolute atomic E-state index is 13.2. The van der Waals surface area contributed by atoms with Crippen molar-refractivity contribution in [1.29, 1.82) is 0 Å². The molecular formula is C29H39N2O4+. The van der Waals surface area contributed by atoms with Gasteiger partial charge in [0.1, 0.15) is 11.5 Å². The van der Waals surface area contributed by atoms with Gasteiger partial charge in [-0.2, -0.15) is 0 Å². The number of amides is 1. The van der Waals surface area contributed by atoms with Crippen molar-refractivity contribution in [3.63, 3.8) is 0 Å². The molecule has 1 aliphatic heterocycles. The Hall–Kier alpha value is -3.12. The van der Waals surface area contributed by atoms with E-state index in [0.29, 0.717) is 30.4 Å². The number of nitrogens with zero attached hydrogens (tertiary/aromatic N) is 1. The number of hydrogen-bond donors (Lipinski definition) is 2. The van der Waals surface area contributed by atoms with Gasteiger partial charge in [-0.25, -0.2) is 0 Å². The summed E-state index contributed by atoms with van der Waals surface area (Å²) in [7, 11) is 0. The van der Waals surface area contributed by atoms with Gasteiger partial charge in [-0.05, 0) is 62.1 Å². The lowest BCUT2D eigenvalue weighted by Crippen LogP contribution is -3.11. The van der Waals surface area contributed by atoms with Gasteiger partial charge < -0.3 is 19.6 Å². The Bertz CT molecular complexity index is 1040. The number of carbonyl (C=O) groups is 2. The van der Waals surface area contributed by atoms with Crippen molar-refractivity contribution in [2.24, 2.45) is 0 Å². The molecule has 0 unspecified atom stereocenters. The zero-order valence-corrected chi connectivity index (χ0v) is 21.6. The van der Waals surface area contributed by atoms with Gasteiger partial charge in [-0.3, -0.25) is 9.59 Å². The first-order valence-corrected chi connectivity index (χ1v) is 12.8. The molecule has 35 heavy (non-hydrogen) atoms. The van der Waals surface area contributed by atoms with Crippen molar-refractivity contribution in [3.05, 3.63) is 70.8 Å². The Morgan fingerprint density at radius 2 is 1.63 bits per heavy atom. The van der Waals surface area contributed by atoms with E-state index in [-0.39, 0.29) is 11.3 Å². The van der Waals surface area contributed by atoms with E-state index < -0.39 is 17.7 Å². The van der Waals surface area contributed by atoms with E-state index in [0.717, 1.165) is 31.6 Å². The van der Waals surface area contributed by atoms with Gasteiger partial charge in [0.05, 0.1) is 37.9 Å². The molecule has 0 bridgehead atoms. The van der Waals surface area contributed by atoms with Crippen molar-refractivity contribution >= 4 is 17.4 Å². The molecule has 1 aliphatic rings. The molecule has 3 rings (SSSR count). The molecule has 1 amide bonds. The summed E-state index contributed by atoms with van der Waals surface area (Å²) >= 11 is 0. The number of benzene rings is 2. The fourth-order valence-electron chi connectivity index (χ4n) is 4.65. The van der Waals surface area contributed by atoms with E-state index >= 15 is 0 Å². The summed E-state index contributed by atoms with van der Waals surface area (Å²) in [5, 5.41) is 11.2. The van der Waals surface area contributed by atoms with Crippen LogP contribution >= 0.6 is 0 Å². The van der Waals surface area contributed by atoms with Crippen LogP contribution in [0.4, 0.5) is 0 Å². The molecule has 2 aromatic rings. The molecule has 1 saturated heterocycles. The van der Waals surface area contributed by atoms with Gasteiger partial charge >= 0.3 is 0 Å². The summed E-state index contributed by atoms with van der Waals surface area (Å²) in [5.74, 6) is -0.281. The highest BCUT2D eigenvalue weighted by Gasteiger charge is 2.45. The van der Waals surface area contributed by atoms with E-state index in [4.69, 9.17) is 4.74 Å². The first kappa shape index (κ1) is 26.5. The summed E-state index contributed by atoms with van der Waals surface area (Å²) in [6.07, 6.45) is 0.785. The van der Waals surface area contributed by atoms with Gasteiger partial charge in [0.15, 0.2) is 0 Å². The number of nitrogens with one attached hydrogen (secondary N) is 1. The van der Waals surface area contributed by atoms with Crippen LogP contribution < -0.4 is 9.64 Å². The second-order valence-corrected chi connectivity index (χ2v) is 9.33. The highest BCUT2D eigenvalue weighted by atomic mass is 16.5. The Labute approximate surface area is 209 Å². The van der Waals surface area contributed by atoms with E-state index in [2.05, 4.69) is 27.7 Å². The number of ether oxygens (including phenoxy) is 1. The van der Waals surface area contributed by atoms with Crippen molar-refractivity contribution in [3.8, 4) is 5.75 Å². The molecule has 6 heteroatoms. The van der Waals surface area contributed by atoms with Crippen LogP contribution in [0.1, 0.15) is 69.7 Å². The number of Topliss-reactive ketones (excluding diaryl/α,β-unsaturated/α-hetero) is 1. The molecule has 0 spiro atoms. The Morgan fingerprint density at radius 3 is 2.17 bits per heavy atom. The molecule has 0 aromatic heterocycles. The highest BCUT2D eigenvalue weighted by Crippen LogP contribution is 2.40. The normalized spacial score (nSPS) is 17.6. The first-order chi connectivity index (χ1) is 16.8. The van der Waals surface area contributed by atoms with Crippen LogP contribution in [0.25, 0.3) is 5.76 Å². The number of likely N-dealkylation sites (tertiary alicyclic amines) is 1. The smallest absolute Gasteiger partial charge is 0.295 e.